The topological polar surface area (TPSA) is 165 Å². The number of carbonyl (C=O) groups is 2. The number of nitrogens with zero attached hydrogens (tertiary/aromatic N) is 2. The van der Waals surface area contributed by atoms with Crippen molar-refractivity contribution in [2.75, 3.05) is 14.1 Å². The number of allylic oxidation sites excluding steroid dienone is 1. The summed E-state index contributed by atoms with van der Waals surface area (Å²) < 4.78 is 31.1. The lowest BCUT2D eigenvalue weighted by Gasteiger charge is -2.49. The third kappa shape index (κ3) is 3.56. The van der Waals surface area contributed by atoms with E-state index in [0.29, 0.717) is 5.56 Å². The standard InChI is InChI=1S/C27H24N2O8S/c1-29(2)22-18-12-15-11-14-7-6-10-19(37-38(35,36)16-8-4-3-5-9-16)20(14)24(31)21(15)26(33)27(18,34)25(32)17(13-28)23(22)30/h3-10,15,18,22,30,33-34H,11-12H2,1-2H3/t15-,18-,22?,27+/m0/s1. The molecule has 0 aliphatic heterocycles. The molecule has 0 aromatic heterocycles. The lowest BCUT2D eigenvalue weighted by molar-refractivity contribution is -0.146. The van der Waals surface area contributed by atoms with E-state index in [9.17, 15) is 38.6 Å². The van der Waals surface area contributed by atoms with Crippen molar-refractivity contribution in [3.05, 3.63) is 82.3 Å². The van der Waals surface area contributed by atoms with Crippen LogP contribution in [0.4, 0.5) is 0 Å². The number of Topliss-reactive ketones (excluding diaryl/α,β-unsaturated/α-hetero) is 2. The van der Waals surface area contributed by atoms with Gasteiger partial charge in [0.2, 0.25) is 5.78 Å². The number of fused-ring (bicyclic) bond motifs is 3. The summed E-state index contributed by atoms with van der Waals surface area (Å²) in [7, 11) is -1.10. The van der Waals surface area contributed by atoms with Crippen LogP contribution in [0.3, 0.4) is 0 Å². The molecular formula is C27H24N2O8S. The minimum Gasteiger partial charge on any atom is -0.509 e. The molecule has 2 aromatic carbocycles. The third-order valence-electron chi connectivity index (χ3n) is 7.54. The second kappa shape index (κ2) is 8.80. The van der Waals surface area contributed by atoms with Gasteiger partial charge in [0, 0.05) is 11.5 Å². The number of aliphatic hydroxyl groups is 3. The minimum atomic E-state index is -4.30. The maximum Gasteiger partial charge on any atom is 0.339 e. The smallest absolute Gasteiger partial charge is 0.339 e. The summed E-state index contributed by atoms with van der Waals surface area (Å²) >= 11 is 0. The Hall–Kier alpha value is -3.98. The van der Waals surface area contributed by atoms with Gasteiger partial charge in [0.1, 0.15) is 28.1 Å². The second-order valence-electron chi connectivity index (χ2n) is 9.85. The van der Waals surface area contributed by atoms with Crippen LogP contribution in [-0.4, -0.2) is 65.9 Å². The molecule has 196 valence electrons. The molecule has 3 aliphatic carbocycles. The van der Waals surface area contributed by atoms with Crippen molar-refractivity contribution in [2.24, 2.45) is 11.8 Å². The summed E-state index contributed by atoms with van der Waals surface area (Å²) in [5.74, 6) is -5.33. The number of hydrogen-bond donors (Lipinski definition) is 3. The SMILES string of the molecule is CN(C)C1C(O)=C(C#N)C(=O)[C@@]2(O)C(O)=C3C(=O)c4c(cccc4OS(=O)(=O)c4ccccc4)C[C@H]3C[C@@H]12. The van der Waals surface area contributed by atoms with Crippen molar-refractivity contribution in [2.45, 2.75) is 29.4 Å². The molecule has 0 saturated carbocycles. The number of ketones is 2. The predicted molar refractivity (Wildman–Crippen MR) is 133 cm³/mol. The molecule has 0 amide bonds. The maximum atomic E-state index is 13.8. The van der Waals surface area contributed by atoms with Crippen LogP contribution in [0.1, 0.15) is 22.3 Å². The van der Waals surface area contributed by atoms with Gasteiger partial charge in [0.15, 0.2) is 17.1 Å². The van der Waals surface area contributed by atoms with Gasteiger partial charge in [-0.25, -0.2) is 0 Å². The molecule has 0 heterocycles. The summed E-state index contributed by atoms with van der Waals surface area (Å²) in [6.45, 7) is 0. The first kappa shape index (κ1) is 25.7. The van der Waals surface area contributed by atoms with Crippen LogP contribution in [0.2, 0.25) is 0 Å². The normalized spacial score (nSPS) is 27.0. The highest BCUT2D eigenvalue weighted by Gasteiger charge is 2.62. The van der Waals surface area contributed by atoms with Crippen molar-refractivity contribution >= 4 is 21.7 Å². The van der Waals surface area contributed by atoms with Crippen molar-refractivity contribution in [1.82, 2.24) is 4.90 Å². The summed E-state index contributed by atoms with van der Waals surface area (Å²) in [6, 6.07) is 12.5. The van der Waals surface area contributed by atoms with Gasteiger partial charge in [-0.3, -0.25) is 14.5 Å². The zero-order chi connectivity index (χ0) is 27.6. The van der Waals surface area contributed by atoms with Crippen molar-refractivity contribution in [3.8, 4) is 11.8 Å². The zero-order valence-electron chi connectivity index (χ0n) is 20.5. The fourth-order valence-corrected chi connectivity index (χ4v) is 6.83. The van der Waals surface area contributed by atoms with Crippen LogP contribution >= 0.6 is 0 Å². The Morgan fingerprint density at radius 1 is 1.08 bits per heavy atom. The third-order valence-corrected chi connectivity index (χ3v) is 8.79. The summed E-state index contributed by atoms with van der Waals surface area (Å²) in [5.41, 5.74) is -3.19. The molecule has 2 aromatic rings. The predicted octanol–water partition coefficient (Wildman–Crippen LogP) is 2.22. The Balaban J connectivity index is 1.64. The molecule has 5 rings (SSSR count). The minimum absolute atomic E-state index is 0.0336. The fraction of sp³-hybridized carbons (Fsp3) is 0.296. The number of likely N-dealkylation sites (N-methyl/N-ethyl adjacent to an activating group) is 1. The first-order chi connectivity index (χ1) is 17.9. The van der Waals surface area contributed by atoms with E-state index in [1.807, 2.05) is 0 Å². The van der Waals surface area contributed by atoms with Gasteiger partial charge < -0.3 is 19.5 Å². The van der Waals surface area contributed by atoms with E-state index in [1.54, 1.807) is 38.4 Å². The van der Waals surface area contributed by atoms with Crippen LogP contribution < -0.4 is 4.18 Å². The van der Waals surface area contributed by atoms with Crippen LogP contribution in [0.5, 0.6) is 5.75 Å². The van der Waals surface area contributed by atoms with E-state index in [1.165, 1.54) is 35.2 Å². The van der Waals surface area contributed by atoms with Gasteiger partial charge in [-0.05, 0) is 56.6 Å². The number of benzene rings is 2. The largest absolute Gasteiger partial charge is 0.509 e. The number of aliphatic hydroxyl groups excluding tert-OH is 2. The molecule has 1 unspecified atom stereocenters. The molecule has 11 heteroatoms. The van der Waals surface area contributed by atoms with Crippen LogP contribution in [-0.2, 0) is 21.3 Å². The highest BCUT2D eigenvalue weighted by atomic mass is 32.2. The fourth-order valence-electron chi connectivity index (χ4n) is 5.87. The summed E-state index contributed by atoms with van der Waals surface area (Å²) in [4.78, 5) is 28.4. The highest BCUT2D eigenvalue weighted by molar-refractivity contribution is 7.87. The molecule has 4 atom stereocenters. The Bertz CT molecular complexity index is 1590. The van der Waals surface area contributed by atoms with Crippen molar-refractivity contribution in [1.29, 1.82) is 5.26 Å². The number of rotatable bonds is 4. The molecule has 38 heavy (non-hydrogen) atoms. The molecule has 10 nitrogen and oxygen atoms in total. The molecule has 0 saturated heterocycles. The van der Waals surface area contributed by atoms with E-state index >= 15 is 0 Å². The van der Waals surface area contributed by atoms with Crippen molar-refractivity contribution < 1.29 is 37.5 Å². The summed E-state index contributed by atoms with van der Waals surface area (Å²) in [5, 5.41) is 43.2. The van der Waals surface area contributed by atoms with E-state index < -0.39 is 62.3 Å². The van der Waals surface area contributed by atoms with E-state index in [2.05, 4.69) is 0 Å². The number of hydrogen-bond acceptors (Lipinski definition) is 10. The molecule has 0 spiro atoms. The van der Waals surface area contributed by atoms with Gasteiger partial charge in [0.25, 0.3) is 0 Å². The van der Waals surface area contributed by atoms with Gasteiger partial charge in [-0.1, -0.05) is 30.3 Å². The molecular weight excluding hydrogens is 512 g/mol. The first-order valence-electron chi connectivity index (χ1n) is 11.8. The zero-order valence-corrected chi connectivity index (χ0v) is 21.3. The monoisotopic (exact) mass is 536 g/mol. The Morgan fingerprint density at radius 3 is 2.39 bits per heavy atom. The van der Waals surface area contributed by atoms with Gasteiger partial charge in [0.05, 0.1) is 11.6 Å². The van der Waals surface area contributed by atoms with Gasteiger partial charge in [-0.2, -0.15) is 13.7 Å². The van der Waals surface area contributed by atoms with E-state index in [-0.39, 0.29) is 34.6 Å². The molecule has 3 aliphatic rings. The number of carbonyl (C=O) groups excluding carboxylic acids is 2. The Morgan fingerprint density at radius 2 is 1.76 bits per heavy atom. The van der Waals surface area contributed by atoms with Crippen LogP contribution in [0.15, 0.2) is 76.1 Å². The quantitative estimate of drug-likeness (QED) is 0.493. The first-order valence-corrected chi connectivity index (χ1v) is 13.2. The molecule has 0 bridgehead atoms. The Kier molecular flexibility index (Phi) is 5.94. The molecule has 3 N–H and O–H groups in total. The van der Waals surface area contributed by atoms with Crippen LogP contribution in [0, 0.1) is 23.2 Å². The summed E-state index contributed by atoms with van der Waals surface area (Å²) in [6.07, 6.45) is 0.214. The van der Waals surface area contributed by atoms with Crippen LogP contribution in [0.25, 0.3) is 0 Å². The number of nitriles is 1. The van der Waals surface area contributed by atoms with Gasteiger partial charge >= 0.3 is 10.1 Å². The highest BCUT2D eigenvalue weighted by Crippen LogP contribution is 2.52. The lowest BCUT2D eigenvalue weighted by Crippen LogP contribution is -2.62. The molecule has 0 radical (unpaired) electrons. The average Bonchev–Trinajstić information content (AvgIpc) is 2.87. The molecule has 0 fully saturated rings. The maximum absolute atomic E-state index is 13.8. The average molecular weight is 537 g/mol. The lowest BCUT2D eigenvalue weighted by atomic mass is 9.59. The second-order valence-corrected chi connectivity index (χ2v) is 11.4. The van der Waals surface area contributed by atoms with Gasteiger partial charge in [-0.15, -0.1) is 0 Å². The Labute approximate surface area is 218 Å². The van der Waals surface area contributed by atoms with E-state index in [0.717, 1.165) is 0 Å². The van der Waals surface area contributed by atoms with Crippen molar-refractivity contribution in [3.63, 3.8) is 0 Å². The van der Waals surface area contributed by atoms with E-state index in [4.69, 9.17) is 4.18 Å².